The molecule has 0 bridgehead atoms. The molecule has 0 spiro atoms. The van der Waals surface area contributed by atoms with E-state index in [9.17, 15) is 0 Å². The van der Waals surface area contributed by atoms with Gasteiger partial charge in [0.1, 0.15) is 0 Å². The zero-order valence-electron chi connectivity index (χ0n) is 14.3. The standard InChI is InChI=1S/C24H19PS/c26-24-18-10-8-16-22(24)21-15-7-9-17-23(21)25(19-11-3-1-4-12-19)20-13-5-2-6-14-20/h1-18,26H. The largest absolute Gasteiger partial charge is 0.143 e. The topological polar surface area (TPSA) is 0 Å². The van der Waals surface area contributed by atoms with Gasteiger partial charge < -0.3 is 0 Å². The van der Waals surface area contributed by atoms with Crippen LogP contribution in [0.25, 0.3) is 11.1 Å². The first-order valence-corrected chi connectivity index (χ1v) is 10.4. The Bertz CT molecular complexity index is 957. The maximum atomic E-state index is 4.71. The SMILES string of the molecule is Sc1ccccc1-c1ccccc1P(c1ccccc1)c1ccccc1. The summed E-state index contributed by atoms with van der Waals surface area (Å²) in [6.45, 7) is 0. The average Bonchev–Trinajstić information content (AvgIpc) is 2.71. The van der Waals surface area contributed by atoms with Gasteiger partial charge in [0.25, 0.3) is 0 Å². The van der Waals surface area contributed by atoms with Gasteiger partial charge in [-0.1, -0.05) is 103 Å². The highest BCUT2D eigenvalue weighted by atomic mass is 32.1. The van der Waals surface area contributed by atoms with Gasteiger partial charge in [-0.25, -0.2) is 0 Å². The number of benzene rings is 4. The lowest BCUT2D eigenvalue weighted by Gasteiger charge is -2.23. The molecule has 0 nitrogen and oxygen atoms in total. The Morgan fingerprint density at radius 1 is 0.462 bits per heavy atom. The van der Waals surface area contributed by atoms with Crippen molar-refractivity contribution in [2.24, 2.45) is 0 Å². The highest BCUT2D eigenvalue weighted by molar-refractivity contribution is 7.80. The molecule has 0 atom stereocenters. The smallest absolute Gasteiger partial charge is 0.0119 e. The predicted molar refractivity (Wildman–Crippen MR) is 118 cm³/mol. The molecule has 0 aromatic heterocycles. The number of hydrogen-bond donors (Lipinski definition) is 1. The van der Waals surface area contributed by atoms with Crippen LogP contribution in [0.1, 0.15) is 0 Å². The predicted octanol–water partition coefficient (Wildman–Crippen LogP) is 5.40. The third kappa shape index (κ3) is 3.46. The van der Waals surface area contributed by atoms with E-state index in [1.807, 2.05) is 6.07 Å². The van der Waals surface area contributed by atoms with Gasteiger partial charge in [-0.15, -0.1) is 12.6 Å². The van der Waals surface area contributed by atoms with Crippen molar-refractivity contribution in [2.45, 2.75) is 4.90 Å². The highest BCUT2D eigenvalue weighted by Gasteiger charge is 2.20. The van der Waals surface area contributed by atoms with E-state index in [0.717, 1.165) is 4.90 Å². The van der Waals surface area contributed by atoms with E-state index >= 15 is 0 Å². The summed E-state index contributed by atoms with van der Waals surface area (Å²) < 4.78 is 0. The molecule has 0 aliphatic heterocycles. The van der Waals surface area contributed by atoms with Crippen molar-refractivity contribution in [3.63, 3.8) is 0 Å². The Kier molecular flexibility index (Phi) is 5.20. The molecule has 0 saturated carbocycles. The van der Waals surface area contributed by atoms with E-state index in [1.54, 1.807) is 0 Å². The second kappa shape index (κ2) is 7.91. The summed E-state index contributed by atoms with van der Waals surface area (Å²) in [4.78, 5) is 1.01. The van der Waals surface area contributed by atoms with Crippen molar-refractivity contribution in [1.29, 1.82) is 0 Å². The fourth-order valence-corrected chi connectivity index (χ4v) is 5.93. The van der Waals surface area contributed by atoms with Crippen molar-refractivity contribution >= 4 is 36.5 Å². The molecule has 4 rings (SSSR count). The molecule has 0 aliphatic carbocycles. The zero-order chi connectivity index (χ0) is 17.8. The third-order valence-electron chi connectivity index (χ3n) is 4.37. The lowest BCUT2D eigenvalue weighted by molar-refractivity contribution is 1.47. The molecule has 4 aromatic rings. The van der Waals surface area contributed by atoms with Crippen molar-refractivity contribution in [1.82, 2.24) is 0 Å². The summed E-state index contributed by atoms with van der Waals surface area (Å²) in [5, 5.41) is 4.08. The van der Waals surface area contributed by atoms with E-state index < -0.39 is 7.92 Å². The first-order chi connectivity index (χ1) is 12.8. The summed E-state index contributed by atoms with van der Waals surface area (Å²) in [7, 11) is -0.637. The molecule has 0 fully saturated rings. The average molecular weight is 370 g/mol. The minimum atomic E-state index is -0.637. The summed E-state index contributed by atoms with van der Waals surface area (Å²) >= 11 is 4.71. The fraction of sp³-hybridized carbons (Fsp3) is 0. The Hall–Kier alpha value is -2.34. The summed E-state index contributed by atoms with van der Waals surface area (Å²) in [5.74, 6) is 0. The van der Waals surface area contributed by atoms with Gasteiger partial charge in [0.05, 0.1) is 0 Å². The quantitative estimate of drug-likeness (QED) is 0.361. The van der Waals surface area contributed by atoms with Gasteiger partial charge in [-0.2, -0.15) is 0 Å². The van der Waals surface area contributed by atoms with E-state index in [4.69, 9.17) is 12.6 Å². The molecule has 0 saturated heterocycles. The van der Waals surface area contributed by atoms with Gasteiger partial charge in [-0.3, -0.25) is 0 Å². The summed E-state index contributed by atoms with van der Waals surface area (Å²) in [6.07, 6.45) is 0. The first kappa shape index (κ1) is 17.1. The molecule has 26 heavy (non-hydrogen) atoms. The normalized spacial score (nSPS) is 10.8. The molecule has 0 radical (unpaired) electrons. The van der Waals surface area contributed by atoms with Crippen LogP contribution in [0.15, 0.2) is 114 Å². The lowest BCUT2D eigenvalue weighted by atomic mass is 10.1. The molecule has 4 aromatic carbocycles. The van der Waals surface area contributed by atoms with Crippen molar-refractivity contribution < 1.29 is 0 Å². The van der Waals surface area contributed by atoms with Crippen LogP contribution in [0.2, 0.25) is 0 Å². The molecule has 126 valence electrons. The summed E-state index contributed by atoms with van der Waals surface area (Å²) in [5.41, 5.74) is 2.45. The van der Waals surface area contributed by atoms with Gasteiger partial charge in [-0.05, 0) is 41.0 Å². The second-order valence-corrected chi connectivity index (χ2v) is 8.71. The second-order valence-electron chi connectivity index (χ2n) is 6.04. The lowest BCUT2D eigenvalue weighted by Crippen LogP contribution is -2.22. The third-order valence-corrected chi connectivity index (χ3v) is 7.26. The van der Waals surface area contributed by atoms with E-state index in [2.05, 4.69) is 103 Å². The highest BCUT2D eigenvalue weighted by Crippen LogP contribution is 2.38. The van der Waals surface area contributed by atoms with E-state index in [0.29, 0.717) is 0 Å². The Balaban J connectivity index is 1.95. The Labute approximate surface area is 161 Å². The van der Waals surface area contributed by atoms with Crippen LogP contribution in [0, 0.1) is 0 Å². The molecule has 2 heteroatoms. The molecule has 0 aliphatic rings. The van der Waals surface area contributed by atoms with Gasteiger partial charge in [0.2, 0.25) is 0 Å². The molecular formula is C24H19PS. The van der Waals surface area contributed by atoms with Crippen LogP contribution < -0.4 is 15.9 Å². The van der Waals surface area contributed by atoms with Crippen LogP contribution in [0.4, 0.5) is 0 Å². The van der Waals surface area contributed by atoms with Crippen LogP contribution in [-0.4, -0.2) is 0 Å². The Morgan fingerprint density at radius 3 is 1.50 bits per heavy atom. The van der Waals surface area contributed by atoms with Crippen molar-refractivity contribution in [2.75, 3.05) is 0 Å². The van der Waals surface area contributed by atoms with Crippen molar-refractivity contribution in [3.05, 3.63) is 109 Å². The number of rotatable bonds is 4. The van der Waals surface area contributed by atoms with E-state index in [1.165, 1.54) is 27.0 Å². The molecule has 0 heterocycles. The molecular weight excluding hydrogens is 351 g/mol. The zero-order valence-corrected chi connectivity index (χ0v) is 16.1. The molecule has 0 amide bonds. The molecule has 0 unspecified atom stereocenters. The van der Waals surface area contributed by atoms with E-state index in [-0.39, 0.29) is 0 Å². The van der Waals surface area contributed by atoms with Gasteiger partial charge in [0, 0.05) is 4.90 Å². The van der Waals surface area contributed by atoms with Gasteiger partial charge in [0.15, 0.2) is 0 Å². The Morgan fingerprint density at radius 2 is 0.923 bits per heavy atom. The minimum Gasteiger partial charge on any atom is -0.143 e. The minimum absolute atomic E-state index is 0.637. The van der Waals surface area contributed by atoms with Crippen molar-refractivity contribution in [3.8, 4) is 11.1 Å². The van der Waals surface area contributed by atoms with Crippen LogP contribution >= 0.6 is 20.6 Å². The van der Waals surface area contributed by atoms with Gasteiger partial charge >= 0.3 is 0 Å². The fourth-order valence-electron chi connectivity index (χ4n) is 3.18. The summed E-state index contributed by atoms with van der Waals surface area (Å²) in [6, 6.07) is 38.7. The maximum Gasteiger partial charge on any atom is 0.0119 e. The number of hydrogen-bond acceptors (Lipinski definition) is 1. The monoisotopic (exact) mass is 370 g/mol. The van der Waals surface area contributed by atoms with Crippen LogP contribution in [0.3, 0.4) is 0 Å². The first-order valence-electron chi connectivity index (χ1n) is 8.62. The van der Waals surface area contributed by atoms with Crippen LogP contribution in [-0.2, 0) is 0 Å². The van der Waals surface area contributed by atoms with Crippen LogP contribution in [0.5, 0.6) is 0 Å². The maximum absolute atomic E-state index is 4.71. The molecule has 0 N–H and O–H groups in total. The number of thiol groups is 1.